The quantitative estimate of drug-likeness (QED) is 0.118. The fraction of sp³-hybridized carbons (Fsp3) is 0.368. The molecule has 0 saturated heterocycles. The molecule has 300 valence electrons. The Balaban J connectivity index is 1.39. The van der Waals surface area contributed by atoms with Crippen molar-refractivity contribution in [1.29, 1.82) is 0 Å². The molecule has 1 atom stereocenters. The van der Waals surface area contributed by atoms with Gasteiger partial charge in [0.1, 0.15) is 34.3 Å². The summed E-state index contributed by atoms with van der Waals surface area (Å²) in [5, 5.41) is 10.4. The van der Waals surface area contributed by atoms with Crippen LogP contribution in [0.1, 0.15) is 73.1 Å². The Morgan fingerprint density at radius 3 is 2.39 bits per heavy atom. The Morgan fingerprint density at radius 1 is 1.07 bits per heavy atom. The van der Waals surface area contributed by atoms with Gasteiger partial charge >= 0.3 is 6.18 Å². The van der Waals surface area contributed by atoms with Crippen molar-refractivity contribution in [3.63, 3.8) is 0 Å². The molecule has 0 radical (unpaired) electrons. The first kappa shape index (κ1) is 40.1. The molecule has 2 aliphatic rings. The maximum Gasteiger partial charge on any atom is 0.435 e. The summed E-state index contributed by atoms with van der Waals surface area (Å²) in [6, 6.07) is 7.43. The standard InChI is InChI=1S/C38H33ClF7N7O3S/c1-36(2,57(55,56)23-5-6-23)12-10-22-4-7-24(25-8-9-27(39)30-32(25)52(3)51-35(30)47)31(48-22)28(16-19-14-20(40)17-21(41)15-19)49-29(54)18-53-34-26(11-13-37(34,42)43)33(50-53)38(44,45)46/h4,7-9,14-15,17,23,28H,5-6,11,13,16,18H2,1-3H3,(H2,47,51)(H,49,54). The van der Waals surface area contributed by atoms with Crippen LogP contribution in [0.3, 0.4) is 0 Å². The molecule has 10 nitrogen and oxygen atoms in total. The number of pyridine rings is 1. The lowest BCUT2D eigenvalue weighted by atomic mass is 9.93. The van der Waals surface area contributed by atoms with Gasteiger partial charge in [0.2, 0.25) is 5.91 Å². The van der Waals surface area contributed by atoms with E-state index in [-0.39, 0.29) is 39.8 Å². The minimum atomic E-state index is -5.08. The number of halogens is 8. The number of sulfone groups is 1. The van der Waals surface area contributed by atoms with Crippen molar-refractivity contribution in [2.75, 3.05) is 5.73 Å². The van der Waals surface area contributed by atoms with Crippen LogP contribution in [0, 0.1) is 23.5 Å². The summed E-state index contributed by atoms with van der Waals surface area (Å²) >= 11 is 6.51. The third kappa shape index (κ3) is 7.54. The summed E-state index contributed by atoms with van der Waals surface area (Å²) in [5.41, 5.74) is 4.03. The van der Waals surface area contributed by atoms with Gasteiger partial charge in [0.15, 0.2) is 21.3 Å². The minimum absolute atomic E-state index is 0.00178. The molecule has 0 spiro atoms. The van der Waals surface area contributed by atoms with Crippen LogP contribution in [-0.4, -0.2) is 48.9 Å². The van der Waals surface area contributed by atoms with Gasteiger partial charge in [-0.25, -0.2) is 22.2 Å². The van der Waals surface area contributed by atoms with Crippen molar-refractivity contribution >= 4 is 44.1 Å². The molecule has 1 fully saturated rings. The number of alkyl halides is 5. The maximum atomic E-state index is 15.0. The van der Waals surface area contributed by atoms with Crippen LogP contribution in [0.25, 0.3) is 22.0 Å². The molecule has 1 unspecified atom stereocenters. The van der Waals surface area contributed by atoms with E-state index in [0.29, 0.717) is 40.1 Å². The lowest BCUT2D eigenvalue weighted by Gasteiger charge is -2.23. The number of nitrogens with one attached hydrogen (secondary N) is 1. The molecule has 1 amide bonds. The zero-order valence-electron chi connectivity index (χ0n) is 30.4. The summed E-state index contributed by atoms with van der Waals surface area (Å²) in [5.74, 6) is -1.05. The van der Waals surface area contributed by atoms with Gasteiger partial charge in [-0.2, -0.15) is 32.1 Å². The first-order valence-electron chi connectivity index (χ1n) is 17.6. The number of nitrogen functional groups attached to an aromatic ring is 1. The van der Waals surface area contributed by atoms with E-state index in [0.717, 1.165) is 12.1 Å². The van der Waals surface area contributed by atoms with E-state index in [4.69, 9.17) is 22.3 Å². The molecule has 57 heavy (non-hydrogen) atoms. The number of carbonyl (C=O) groups excluding carboxylic acids is 1. The smallest absolute Gasteiger partial charge is 0.382 e. The number of nitrogens with two attached hydrogens (primary N) is 1. The van der Waals surface area contributed by atoms with Crippen LogP contribution in [0.2, 0.25) is 5.02 Å². The van der Waals surface area contributed by atoms with E-state index in [9.17, 15) is 43.9 Å². The average molecular weight is 836 g/mol. The Bertz CT molecular complexity index is 2620. The fourth-order valence-electron chi connectivity index (χ4n) is 7.19. The average Bonchev–Trinajstić information content (AvgIpc) is 3.75. The predicted molar refractivity (Wildman–Crippen MR) is 197 cm³/mol. The zero-order valence-corrected chi connectivity index (χ0v) is 32.0. The van der Waals surface area contributed by atoms with Gasteiger partial charge in [0.25, 0.3) is 5.92 Å². The third-order valence-corrected chi connectivity index (χ3v) is 13.2. The third-order valence-electron chi connectivity index (χ3n) is 10.0. The van der Waals surface area contributed by atoms with Gasteiger partial charge in [-0.3, -0.25) is 14.2 Å². The Hall–Kier alpha value is -5.15. The number of fused-ring (bicyclic) bond motifs is 2. The van der Waals surface area contributed by atoms with Crippen molar-refractivity contribution in [1.82, 2.24) is 29.9 Å². The number of carbonyl (C=O) groups is 1. The van der Waals surface area contributed by atoms with E-state index in [1.54, 1.807) is 19.2 Å². The monoisotopic (exact) mass is 835 g/mol. The van der Waals surface area contributed by atoms with E-state index >= 15 is 0 Å². The number of benzene rings is 2. The molecule has 0 aliphatic heterocycles. The van der Waals surface area contributed by atoms with Gasteiger partial charge < -0.3 is 11.1 Å². The lowest BCUT2D eigenvalue weighted by molar-refractivity contribution is -0.142. The normalized spacial score (nSPS) is 16.0. The van der Waals surface area contributed by atoms with E-state index in [2.05, 4.69) is 27.4 Å². The summed E-state index contributed by atoms with van der Waals surface area (Å²) < 4.78 is 127. The van der Waals surface area contributed by atoms with Crippen LogP contribution in [-0.2, 0) is 53.2 Å². The van der Waals surface area contributed by atoms with Gasteiger partial charge in [-0.15, -0.1) is 0 Å². The Kier molecular flexibility index (Phi) is 9.87. The van der Waals surface area contributed by atoms with E-state index in [1.165, 1.54) is 30.7 Å². The summed E-state index contributed by atoms with van der Waals surface area (Å²) in [6.07, 6.45) is -5.96. The Morgan fingerprint density at radius 2 is 1.74 bits per heavy atom. The number of amides is 1. The molecule has 0 bridgehead atoms. The molecular formula is C38H33ClF7N7O3S. The van der Waals surface area contributed by atoms with Crippen molar-refractivity contribution in [3.8, 4) is 23.0 Å². The SMILES string of the molecule is Cn1nc(N)c2c(Cl)ccc(-c3ccc(C#CC(C)(C)S(=O)(=O)C4CC4)nc3C(Cc3cc(F)cc(F)c3)NC(=O)Cn3nc(C(F)(F)F)c4c3C(F)(F)CC4)c21. The summed E-state index contributed by atoms with van der Waals surface area (Å²) in [7, 11) is -2.06. The maximum absolute atomic E-state index is 15.0. The molecule has 2 aromatic carbocycles. The number of anilines is 1. The van der Waals surface area contributed by atoms with Crippen molar-refractivity contribution in [2.24, 2.45) is 7.05 Å². The van der Waals surface area contributed by atoms with Gasteiger partial charge in [-0.1, -0.05) is 23.6 Å². The second-order valence-electron chi connectivity index (χ2n) is 14.6. The van der Waals surface area contributed by atoms with E-state index in [1.807, 2.05) is 0 Å². The van der Waals surface area contributed by atoms with Crippen LogP contribution >= 0.6 is 11.6 Å². The van der Waals surface area contributed by atoms with Crippen molar-refractivity contribution in [3.05, 3.63) is 93.0 Å². The predicted octanol–water partition coefficient (Wildman–Crippen LogP) is 7.21. The van der Waals surface area contributed by atoms with Gasteiger partial charge in [0.05, 0.1) is 32.9 Å². The first-order chi connectivity index (χ1) is 26.6. The molecule has 3 aromatic heterocycles. The Labute approximate surface area is 326 Å². The highest BCUT2D eigenvalue weighted by Crippen LogP contribution is 2.46. The summed E-state index contributed by atoms with van der Waals surface area (Å²) in [4.78, 5) is 18.6. The number of hydrogen-bond donors (Lipinski definition) is 2. The number of nitrogens with zero attached hydrogens (tertiary/aromatic N) is 5. The second-order valence-corrected chi connectivity index (χ2v) is 17.8. The van der Waals surface area contributed by atoms with Crippen LogP contribution < -0.4 is 11.1 Å². The highest BCUT2D eigenvalue weighted by atomic mass is 35.5. The molecule has 2 aliphatic carbocycles. The molecule has 3 heterocycles. The number of aromatic nitrogens is 5. The minimum Gasteiger partial charge on any atom is -0.382 e. The summed E-state index contributed by atoms with van der Waals surface area (Å²) in [6.45, 7) is 1.83. The highest BCUT2D eigenvalue weighted by molar-refractivity contribution is 7.93. The first-order valence-corrected chi connectivity index (χ1v) is 19.5. The van der Waals surface area contributed by atoms with Crippen molar-refractivity contribution < 1.29 is 43.9 Å². The van der Waals surface area contributed by atoms with Crippen LogP contribution in [0.5, 0.6) is 0 Å². The van der Waals surface area contributed by atoms with E-state index < -0.39 is 91.9 Å². The molecule has 1 saturated carbocycles. The van der Waals surface area contributed by atoms with Crippen molar-refractivity contribution in [2.45, 2.75) is 80.6 Å². The number of aryl methyl sites for hydroxylation is 1. The fourth-order valence-corrected chi connectivity index (χ4v) is 9.22. The lowest BCUT2D eigenvalue weighted by Crippen LogP contribution is -2.35. The van der Waals surface area contributed by atoms with Gasteiger partial charge in [0, 0.05) is 36.2 Å². The highest BCUT2D eigenvalue weighted by Gasteiger charge is 2.50. The molecular weight excluding hydrogens is 803 g/mol. The molecule has 19 heteroatoms. The number of hydrogen-bond acceptors (Lipinski definition) is 7. The molecule has 5 aromatic rings. The molecule has 3 N–H and O–H groups in total. The topological polar surface area (TPSA) is 138 Å². The van der Waals surface area contributed by atoms with Crippen LogP contribution in [0.15, 0.2) is 42.5 Å². The second kappa shape index (κ2) is 14.0. The van der Waals surface area contributed by atoms with Gasteiger partial charge in [-0.05, 0) is 81.3 Å². The van der Waals surface area contributed by atoms with Crippen LogP contribution in [0.4, 0.5) is 36.6 Å². The number of rotatable bonds is 9. The zero-order chi connectivity index (χ0) is 41.4. The molecule has 7 rings (SSSR count). The largest absolute Gasteiger partial charge is 0.435 e.